The predicted molar refractivity (Wildman–Crippen MR) is 82.9 cm³/mol. The highest BCUT2D eigenvalue weighted by Gasteiger charge is 2.32. The molecule has 1 aliphatic carbocycles. The Morgan fingerprint density at radius 1 is 1.10 bits per heavy atom. The van der Waals surface area contributed by atoms with Crippen molar-refractivity contribution in [2.75, 3.05) is 25.4 Å². The lowest BCUT2D eigenvalue weighted by atomic mass is 9.96. The molecule has 0 amide bonds. The summed E-state index contributed by atoms with van der Waals surface area (Å²) < 4.78 is 5.84. The third kappa shape index (κ3) is 3.09. The number of anilines is 1. The first-order valence-electron chi connectivity index (χ1n) is 8.06. The molecule has 110 valence electrons. The highest BCUT2D eigenvalue weighted by molar-refractivity contribution is 5.51. The quantitative estimate of drug-likeness (QED) is 0.837. The van der Waals surface area contributed by atoms with Gasteiger partial charge in [0, 0.05) is 12.6 Å². The summed E-state index contributed by atoms with van der Waals surface area (Å²) in [6.07, 6.45) is 8.49. The molecule has 0 spiro atoms. The fourth-order valence-corrected chi connectivity index (χ4v) is 3.89. The zero-order valence-corrected chi connectivity index (χ0v) is 12.3. The number of nitrogens with zero attached hydrogens (tertiary/aromatic N) is 1. The number of hydrogen-bond acceptors (Lipinski definition) is 3. The number of para-hydroxylation sites is 2. The second-order valence-corrected chi connectivity index (χ2v) is 6.18. The summed E-state index contributed by atoms with van der Waals surface area (Å²) in [4.78, 5) is 2.65. The number of nitrogen functional groups attached to an aromatic ring is 1. The van der Waals surface area contributed by atoms with Crippen molar-refractivity contribution in [1.82, 2.24) is 4.90 Å². The van der Waals surface area contributed by atoms with Gasteiger partial charge in [-0.2, -0.15) is 0 Å². The summed E-state index contributed by atoms with van der Waals surface area (Å²) in [5.74, 6) is 1.77. The van der Waals surface area contributed by atoms with E-state index in [1.165, 1.54) is 45.1 Å². The maximum atomic E-state index is 5.90. The summed E-state index contributed by atoms with van der Waals surface area (Å²) in [6.45, 7) is 3.03. The van der Waals surface area contributed by atoms with Gasteiger partial charge >= 0.3 is 0 Å². The molecule has 0 radical (unpaired) electrons. The largest absolute Gasteiger partial charge is 0.490 e. The van der Waals surface area contributed by atoms with Gasteiger partial charge in [0.1, 0.15) is 12.4 Å². The van der Waals surface area contributed by atoms with Crippen LogP contribution in [0.5, 0.6) is 5.75 Å². The van der Waals surface area contributed by atoms with Crippen molar-refractivity contribution < 1.29 is 4.74 Å². The lowest BCUT2D eigenvalue weighted by molar-refractivity contribution is 0.158. The van der Waals surface area contributed by atoms with Crippen LogP contribution in [0.4, 0.5) is 5.69 Å². The molecule has 1 atom stereocenters. The van der Waals surface area contributed by atoms with E-state index < -0.39 is 0 Å². The van der Waals surface area contributed by atoms with E-state index in [-0.39, 0.29) is 0 Å². The second kappa shape index (κ2) is 6.49. The normalized spacial score (nSPS) is 24.3. The molecule has 1 aromatic rings. The van der Waals surface area contributed by atoms with Gasteiger partial charge in [0.25, 0.3) is 0 Å². The smallest absolute Gasteiger partial charge is 0.142 e. The van der Waals surface area contributed by atoms with E-state index in [4.69, 9.17) is 10.5 Å². The Hall–Kier alpha value is -1.22. The Labute approximate surface area is 122 Å². The first-order valence-corrected chi connectivity index (χ1v) is 8.06. The SMILES string of the molecule is Nc1ccccc1OCCN1CCCC1C1CCCC1. The number of benzene rings is 1. The standard InChI is InChI=1S/C17H26N2O/c18-15-8-3-4-10-17(15)20-13-12-19-11-5-9-16(19)14-6-1-2-7-14/h3-4,8,10,14,16H,1-2,5-7,9,11-13,18H2. The van der Waals surface area contributed by atoms with E-state index in [1.807, 2.05) is 24.3 Å². The van der Waals surface area contributed by atoms with Gasteiger partial charge in [-0.15, -0.1) is 0 Å². The van der Waals surface area contributed by atoms with Crippen molar-refractivity contribution in [1.29, 1.82) is 0 Å². The van der Waals surface area contributed by atoms with E-state index in [0.717, 1.165) is 36.5 Å². The Bertz CT molecular complexity index is 429. The first kappa shape index (κ1) is 13.7. The monoisotopic (exact) mass is 274 g/mol. The molecule has 3 heteroatoms. The topological polar surface area (TPSA) is 38.5 Å². The molecule has 2 aliphatic rings. The average molecular weight is 274 g/mol. The van der Waals surface area contributed by atoms with Crippen LogP contribution in [0, 0.1) is 5.92 Å². The number of ether oxygens (including phenoxy) is 1. The van der Waals surface area contributed by atoms with Crippen LogP contribution in [0.25, 0.3) is 0 Å². The maximum Gasteiger partial charge on any atom is 0.142 e. The second-order valence-electron chi connectivity index (χ2n) is 6.18. The molecule has 1 saturated carbocycles. The third-order valence-electron chi connectivity index (χ3n) is 4.91. The van der Waals surface area contributed by atoms with Gasteiger partial charge in [-0.1, -0.05) is 25.0 Å². The maximum absolute atomic E-state index is 5.90. The summed E-state index contributed by atoms with van der Waals surface area (Å²) in [7, 11) is 0. The summed E-state index contributed by atoms with van der Waals surface area (Å²) in [5, 5.41) is 0. The van der Waals surface area contributed by atoms with Gasteiger partial charge < -0.3 is 10.5 Å². The molecule has 1 saturated heterocycles. The summed E-state index contributed by atoms with van der Waals surface area (Å²) in [6, 6.07) is 8.58. The molecule has 2 fully saturated rings. The highest BCUT2D eigenvalue weighted by atomic mass is 16.5. The van der Waals surface area contributed by atoms with Crippen LogP contribution in [0.15, 0.2) is 24.3 Å². The molecule has 1 heterocycles. The summed E-state index contributed by atoms with van der Waals surface area (Å²) in [5.41, 5.74) is 6.64. The number of hydrogen-bond donors (Lipinski definition) is 1. The van der Waals surface area contributed by atoms with Crippen LogP contribution < -0.4 is 10.5 Å². The van der Waals surface area contributed by atoms with Crippen LogP contribution in [-0.2, 0) is 0 Å². The van der Waals surface area contributed by atoms with Gasteiger partial charge in [0.2, 0.25) is 0 Å². The van der Waals surface area contributed by atoms with Crippen LogP contribution in [0.1, 0.15) is 38.5 Å². The zero-order valence-electron chi connectivity index (χ0n) is 12.3. The molecule has 1 aromatic carbocycles. The van der Waals surface area contributed by atoms with Gasteiger partial charge in [0.05, 0.1) is 5.69 Å². The number of nitrogens with two attached hydrogens (primary N) is 1. The van der Waals surface area contributed by atoms with Crippen LogP contribution in [0.2, 0.25) is 0 Å². The van der Waals surface area contributed by atoms with E-state index in [1.54, 1.807) is 0 Å². The molecule has 3 nitrogen and oxygen atoms in total. The highest BCUT2D eigenvalue weighted by Crippen LogP contribution is 2.35. The molecule has 0 bridgehead atoms. The van der Waals surface area contributed by atoms with Crippen molar-refractivity contribution in [3.63, 3.8) is 0 Å². The van der Waals surface area contributed by atoms with Gasteiger partial charge in [-0.3, -0.25) is 4.90 Å². The Morgan fingerprint density at radius 2 is 1.90 bits per heavy atom. The summed E-state index contributed by atoms with van der Waals surface area (Å²) >= 11 is 0. The molecule has 1 unspecified atom stereocenters. The van der Waals surface area contributed by atoms with Gasteiger partial charge in [-0.25, -0.2) is 0 Å². The Kier molecular flexibility index (Phi) is 4.46. The third-order valence-corrected chi connectivity index (χ3v) is 4.91. The number of rotatable bonds is 5. The van der Waals surface area contributed by atoms with Gasteiger partial charge in [0.15, 0.2) is 0 Å². The fraction of sp³-hybridized carbons (Fsp3) is 0.647. The molecule has 20 heavy (non-hydrogen) atoms. The van der Waals surface area contributed by atoms with E-state index in [0.29, 0.717) is 0 Å². The number of likely N-dealkylation sites (tertiary alicyclic amines) is 1. The van der Waals surface area contributed by atoms with Crippen molar-refractivity contribution >= 4 is 5.69 Å². The van der Waals surface area contributed by atoms with E-state index >= 15 is 0 Å². The minimum Gasteiger partial charge on any atom is -0.490 e. The minimum absolute atomic E-state index is 0.737. The van der Waals surface area contributed by atoms with E-state index in [2.05, 4.69) is 4.90 Å². The Morgan fingerprint density at radius 3 is 2.70 bits per heavy atom. The Balaban J connectivity index is 1.49. The van der Waals surface area contributed by atoms with Crippen molar-refractivity contribution in [3.05, 3.63) is 24.3 Å². The van der Waals surface area contributed by atoms with Crippen LogP contribution >= 0.6 is 0 Å². The molecule has 3 rings (SSSR count). The lowest BCUT2D eigenvalue weighted by Crippen LogP contribution is -2.37. The lowest BCUT2D eigenvalue weighted by Gasteiger charge is -2.29. The van der Waals surface area contributed by atoms with E-state index in [9.17, 15) is 0 Å². The zero-order chi connectivity index (χ0) is 13.8. The molecule has 0 aromatic heterocycles. The molecular formula is C17H26N2O. The fourth-order valence-electron chi connectivity index (χ4n) is 3.89. The minimum atomic E-state index is 0.737. The predicted octanol–water partition coefficient (Wildman–Crippen LogP) is 3.30. The van der Waals surface area contributed by atoms with Gasteiger partial charge in [-0.05, 0) is 50.3 Å². The van der Waals surface area contributed by atoms with Crippen molar-refractivity contribution in [3.8, 4) is 5.75 Å². The average Bonchev–Trinajstić information content (AvgIpc) is 3.11. The first-order chi connectivity index (χ1) is 9.84. The molecule has 1 aliphatic heterocycles. The molecular weight excluding hydrogens is 248 g/mol. The van der Waals surface area contributed by atoms with Crippen LogP contribution in [0.3, 0.4) is 0 Å². The van der Waals surface area contributed by atoms with Crippen molar-refractivity contribution in [2.45, 2.75) is 44.6 Å². The molecule has 2 N–H and O–H groups in total. The van der Waals surface area contributed by atoms with Crippen LogP contribution in [-0.4, -0.2) is 30.6 Å². The van der Waals surface area contributed by atoms with Crippen molar-refractivity contribution in [2.24, 2.45) is 5.92 Å².